The van der Waals surface area contributed by atoms with Crippen molar-refractivity contribution in [3.63, 3.8) is 0 Å². The van der Waals surface area contributed by atoms with Crippen LogP contribution in [0.15, 0.2) is 5.11 Å². The zero-order chi connectivity index (χ0) is 10.1. The van der Waals surface area contributed by atoms with Gasteiger partial charge in [0.15, 0.2) is 0 Å². The first-order valence-corrected chi connectivity index (χ1v) is 4.55. The monoisotopic (exact) mass is 197 g/mol. The van der Waals surface area contributed by atoms with E-state index in [-0.39, 0.29) is 30.1 Å². The Morgan fingerprint density at radius 1 is 1.79 bits per heavy atom. The minimum atomic E-state index is -0.300. The second-order valence-electron chi connectivity index (χ2n) is 3.63. The maximum Gasteiger partial charge on any atom is 0.302 e. The predicted molar refractivity (Wildman–Crippen MR) is 46.3 cm³/mol. The molecule has 1 heterocycles. The third-order valence-electron chi connectivity index (χ3n) is 2.66. The minimum Gasteiger partial charge on any atom is -0.466 e. The van der Waals surface area contributed by atoms with Crippen LogP contribution >= 0.6 is 0 Å². The highest BCUT2D eigenvalue weighted by molar-refractivity contribution is 5.65. The van der Waals surface area contributed by atoms with E-state index in [9.17, 15) is 4.79 Å². The lowest BCUT2D eigenvalue weighted by atomic mass is 10.0. The molecule has 0 amide bonds. The number of ether oxygens (including phenoxy) is 2. The Bertz CT molecular complexity index is 300. The number of nitrogens with zero attached hydrogens (tertiary/aromatic N) is 3. The molecule has 0 aromatic rings. The molecule has 1 saturated carbocycles. The molecule has 0 bridgehead atoms. The van der Waals surface area contributed by atoms with Crippen LogP contribution in [0.2, 0.25) is 0 Å². The molecule has 4 atom stereocenters. The van der Waals surface area contributed by atoms with E-state index in [4.69, 9.17) is 15.0 Å². The van der Waals surface area contributed by atoms with Crippen LogP contribution in [-0.2, 0) is 14.3 Å². The first-order chi connectivity index (χ1) is 6.72. The van der Waals surface area contributed by atoms with Gasteiger partial charge in [0, 0.05) is 17.8 Å². The van der Waals surface area contributed by atoms with Gasteiger partial charge in [0.1, 0.15) is 0 Å². The lowest BCUT2D eigenvalue weighted by Gasteiger charge is -2.16. The summed E-state index contributed by atoms with van der Waals surface area (Å²) < 4.78 is 10.1. The van der Waals surface area contributed by atoms with Crippen LogP contribution in [-0.4, -0.2) is 30.8 Å². The lowest BCUT2D eigenvalue weighted by molar-refractivity contribution is -0.142. The number of epoxide rings is 1. The highest BCUT2D eigenvalue weighted by atomic mass is 16.6. The van der Waals surface area contributed by atoms with Gasteiger partial charge >= 0.3 is 5.97 Å². The van der Waals surface area contributed by atoms with Crippen LogP contribution in [0.3, 0.4) is 0 Å². The van der Waals surface area contributed by atoms with Gasteiger partial charge in [0.25, 0.3) is 0 Å². The zero-order valence-corrected chi connectivity index (χ0v) is 7.79. The maximum absolute atomic E-state index is 10.6. The summed E-state index contributed by atoms with van der Waals surface area (Å²) >= 11 is 0. The van der Waals surface area contributed by atoms with Crippen LogP contribution in [0.4, 0.5) is 0 Å². The molecular formula is C8H11N3O3. The van der Waals surface area contributed by atoms with Crippen molar-refractivity contribution in [2.45, 2.75) is 31.6 Å². The van der Waals surface area contributed by atoms with Gasteiger partial charge in [-0.2, -0.15) is 0 Å². The summed E-state index contributed by atoms with van der Waals surface area (Å²) in [5, 5.41) is 3.67. The Labute approximate surface area is 80.8 Å². The fraction of sp³-hybridized carbons (Fsp3) is 0.875. The third kappa shape index (κ3) is 1.66. The van der Waals surface area contributed by atoms with Gasteiger partial charge in [-0.05, 0) is 12.0 Å². The maximum atomic E-state index is 10.6. The molecule has 0 unspecified atom stereocenters. The topological polar surface area (TPSA) is 87.6 Å². The largest absolute Gasteiger partial charge is 0.466 e. The number of rotatable bonds is 3. The van der Waals surface area contributed by atoms with Crippen molar-refractivity contribution in [3.8, 4) is 0 Å². The van der Waals surface area contributed by atoms with Gasteiger partial charge < -0.3 is 9.47 Å². The molecule has 0 spiro atoms. The Kier molecular flexibility index (Phi) is 2.31. The van der Waals surface area contributed by atoms with E-state index in [1.807, 2.05) is 0 Å². The molecule has 2 fully saturated rings. The molecule has 1 aliphatic carbocycles. The van der Waals surface area contributed by atoms with Gasteiger partial charge in [-0.15, -0.1) is 0 Å². The number of hydrogen-bond donors (Lipinski definition) is 0. The molecule has 0 N–H and O–H groups in total. The molecule has 6 heteroatoms. The highest BCUT2D eigenvalue weighted by Crippen LogP contribution is 2.44. The van der Waals surface area contributed by atoms with Crippen molar-refractivity contribution in [2.24, 2.45) is 11.0 Å². The molecule has 14 heavy (non-hydrogen) atoms. The van der Waals surface area contributed by atoms with E-state index in [1.54, 1.807) is 0 Å². The fourth-order valence-electron chi connectivity index (χ4n) is 1.96. The molecule has 76 valence electrons. The van der Waals surface area contributed by atoms with Crippen LogP contribution in [0.1, 0.15) is 13.3 Å². The Hall–Kier alpha value is -1.26. The number of carbonyl (C=O) groups is 1. The van der Waals surface area contributed by atoms with Gasteiger partial charge in [-0.1, -0.05) is 5.11 Å². The van der Waals surface area contributed by atoms with Gasteiger partial charge in [0.2, 0.25) is 0 Å². The Morgan fingerprint density at radius 2 is 2.57 bits per heavy atom. The quantitative estimate of drug-likeness (QED) is 0.222. The van der Waals surface area contributed by atoms with Gasteiger partial charge in [-0.3, -0.25) is 4.79 Å². The molecule has 2 rings (SSSR count). The molecule has 2 aliphatic rings. The minimum absolute atomic E-state index is 0.0615. The molecule has 1 saturated heterocycles. The fourth-order valence-corrected chi connectivity index (χ4v) is 1.96. The normalized spacial score (nSPS) is 38.4. The third-order valence-corrected chi connectivity index (χ3v) is 2.66. The first-order valence-electron chi connectivity index (χ1n) is 4.55. The number of carbonyl (C=O) groups excluding carboxylic acids is 1. The van der Waals surface area contributed by atoms with Crippen LogP contribution in [0, 0.1) is 5.92 Å². The van der Waals surface area contributed by atoms with Crippen molar-refractivity contribution in [1.82, 2.24) is 0 Å². The van der Waals surface area contributed by atoms with E-state index in [2.05, 4.69) is 10.0 Å². The molecular weight excluding hydrogens is 186 g/mol. The Balaban J connectivity index is 1.91. The van der Waals surface area contributed by atoms with E-state index in [0.29, 0.717) is 6.61 Å². The summed E-state index contributed by atoms with van der Waals surface area (Å²) in [4.78, 5) is 13.4. The van der Waals surface area contributed by atoms with Gasteiger partial charge in [0.05, 0.1) is 24.9 Å². The summed E-state index contributed by atoms with van der Waals surface area (Å²) in [6, 6.07) is -0.163. The lowest BCUT2D eigenvalue weighted by Crippen LogP contribution is -2.24. The SMILES string of the molecule is CC(=O)OC[C@H]1C[C@@H]2O[C@@H]2[C@@H]1N=[N+]=[N-]. The summed E-state index contributed by atoms with van der Waals surface area (Å²) in [5.74, 6) is -0.176. The highest BCUT2D eigenvalue weighted by Gasteiger charge is 2.55. The molecule has 6 nitrogen and oxygen atoms in total. The second-order valence-corrected chi connectivity index (χ2v) is 3.63. The van der Waals surface area contributed by atoms with E-state index in [0.717, 1.165) is 6.42 Å². The number of esters is 1. The number of hydrogen-bond acceptors (Lipinski definition) is 4. The van der Waals surface area contributed by atoms with Crippen molar-refractivity contribution < 1.29 is 14.3 Å². The van der Waals surface area contributed by atoms with E-state index < -0.39 is 0 Å². The number of azide groups is 1. The van der Waals surface area contributed by atoms with E-state index >= 15 is 0 Å². The number of fused-ring (bicyclic) bond motifs is 1. The molecule has 0 aromatic carbocycles. The zero-order valence-electron chi connectivity index (χ0n) is 7.79. The predicted octanol–water partition coefficient (Wildman–Crippen LogP) is 1.02. The van der Waals surface area contributed by atoms with Crippen molar-refractivity contribution in [2.75, 3.05) is 6.61 Å². The van der Waals surface area contributed by atoms with Crippen LogP contribution in [0.5, 0.6) is 0 Å². The smallest absolute Gasteiger partial charge is 0.302 e. The van der Waals surface area contributed by atoms with Crippen molar-refractivity contribution >= 4 is 5.97 Å². The summed E-state index contributed by atoms with van der Waals surface area (Å²) in [6.07, 6.45) is 1.10. The van der Waals surface area contributed by atoms with Crippen molar-refractivity contribution in [3.05, 3.63) is 10.4 Å². The molecule has 1 aliphatic heterocycles. The summed E-state index contributed by atoms with van der Waals surface area (Å²) in [6.45, 7) is 1.70. The first kappa shape index (κ1) is 9.30. The average Bonchev–Trinajstić information content (AvgIpc) is 2.81. The van der Waals surface area contributed by atoms with Gasteiger partial charge in [-0.25, -0.2) is 0 Å². The summed E-state index contributed by atoms with van der Waals surface area (Å²) in [7, 11) is 0. The molecule has 0 aromatic heterocycles. The van der Waals surface area contributed by atoms with Crippen LogP contribution < -0.4 is 0 Å². The average molecular weight is 197 g/mol. The Morgan fingerprint density at radius 3 is 3.21 bits per heavy atom. The second kappa shape index (κ2) is 3.48. The summed E-state index contributed by atoms with van der Waals surface area (Å²) in [5.41, 5.74) is 8.35. The van der Waals surface area contributed by atoms with Crippen LogP contribution in [0.25, 0.3) is 10.4 Å². The standard InChI is InChI=1S/C8H11N3O3/c1-4(12)13-3-5-2-6-8(14-6)7(5)10-11-9/h5-8H,2-3H2,1H3/t5-,6+,7-,8+/m1/s1. The molecule has 0 radical (unpaired) electrons. The van der Waals surface area contributed by atoms with E-state index in [1.165, 1.54) is 6.92 Å². The van der Waals surface area contributed by atoms with Crippen molar-refractivity contribution in [1.29, 1.82) is 0 Å².